The third-order valence-corrected chi connectivity index (χ3v) is 4.45. The Hall–Kier alpha value is -0.490. The van der Waals surface area contributed by atoms with E-state index in [1.807, 2.05) is 13.8 Å². The Kier molecular flexibility index (Phi) is 9.17. The molecule has 0 aliphatic carbocycles. The van der Waals surface area contributed by atoms with Crippen molar-refractivity contribution in [2.24, 2.45) is 0 Å². The number of ketones is 1. The molecule has 5 heteroatoms. The highest BCUT2D eigenvalue weighted by molar-refractivity contribution is 5.77. The van der Waals surface area contributed by atoms with Gasteiger partial charge in [-0.1, -0.05) is 13.8 Å². The smallest absolute Gasteiger partial charge is 0.143 e. The molecule has 130 valence electrons. The van der Waals surface area contributed by atoms with E-state index in [1.54, 1.807) is 6.92 Å². The topological polar surface area (TPSA) is 30.0 Å². The summed E-state index contributed by atoms with van der Waals surface area (Å²) in [6.07, 6.45) is 0. The molecule has 0 spiro atoms. The van der Waals surface area contributed by atoms with Crippen molar-refractivity contribution in [2.75, 3.05) is 65.6 Å². The molecule has 2 fully saturated rings. The van der Waals surface area contributed by atoms with Crippen molar-refractivity contribution < 1.29 is 4.79 Å². The maximum Gasteiger partial charge on any atom is 0.143 e. The molecule has 0 saturated carbocycles. The standard InChI is InChI=1S/C15H30N4O.C2H6/c1-14(2)19-10-8-18(9-11-19)13-17-6-4-16(5-7-17)12-15(3)20;1-2/h14H,4-13H2,1-3H3;1-2H3. The molecule has 0 bridgehead atoms. The third kappa shape index (κ3) is 6.73. The Bertz CT molecular complexity index is 306. The first-order chi connectivity index (χ1) is 10.5. The summed E-state index contributed by atoms with van der Waals surface area (Å²) in [7, 11) is 0. The van der Waals surface area contributed by atoms with Crippen LogP contribution in [-0.2, 0) is 4.79 Å². The van der Waals surface area contributed by atoms with E-state index in [2.05, 4.69) is 33.4 Å². The van der Waals surface area contributed by atoms with Crippen LogP contribution in [-0.4, -0.2) is 97.0 Å². The maximum atomic E-state index is 11.1. The van der Waals surface area contributed by atoms with Crippen LogP contribution in [0.25, 0.3) is 0 Å². The van der Waals surface area contributed by atoms with Crippen LogP contribution >= 0.6 is 0 Å². The largest absolute Gasteiger partial charge is 0.299 e. The van der Waals surface area contributed by atoms with Crippen LogP contribution in [0.3, 0.4) is 0 Å². The number of rotatable bonds is 5. The average molecular weight is 313 g/mol. The van der Waals surface area contributed by atoms with E-state index in [1.165, 1.54) is 26.2 Å². The molecule has 2 aliphatic rings. The van der Waals surface area contributed by atoms with Crippen LogP contribution in [0.2, 0.25) is 0 Å². The molecule has 0 radical (unpaired) electrons. The molecule has 5 nitrogen and oxygen atoms in total. The minimum atomic E-state index is 0.281. The van der Waals surface area contributed by atoms with Crippen LogP contribution in [0.1, 0.15) is 34.6 Å². The molecule has 0 aromatic heterocycles. The van der Waals surface area contributed by atoms with Gasteiger partial charge in [0, 0.05) is 58.4 Å². The fraction of sp³-hybridized carbons (Fsp3) is 0.941. The van der Waals surface area contributed by atoms with Crippen molar-refractivity contribution in [1.82, 2.24) is 19.6 Å². The van der Waals surface area contributed by atoms with Gasteiger partial charge in [0.05, 0.1) is 13.2 Å². The molecule has 0 amide bonds. The highest BCUT2D eigenvalue weighted by atomic mass is 16.1. The molecule has 2 saturated heterocycles. The summed E-state index contributed by atoms with van der Waals surface area (Å²) in [5.41, 5.74) is 0. The number of hydrogen-bond acceptors (Lipinski definition) is 5. The second-order valence-corrected chi connectivity index (χ2v) is 6.49. The first-order valence-electron chi connectivity index (χ1n) is 8.95. The Morgan fingerprint density at radius 3 is 1.64 bits per heavy atom. The number of nitrogens with zero attached hydrogens (tertiary/aromatic N) is 4. The second kappa shape index (κ2) is 10.3. The summed E-state index contributed by atoms with van der Waals surface area (Å²) in [6, 6.07) is 0.673. The molecule has 0 N–H and O–H groups in total. The van der Waals surface area contributed by atoms with E-state index in [9.17, 15) is 4.79 Å². The Labute approximate surface area is 137 Å². The number of carbonyl (C=O) groups excluding carboxylic acids is 1. The normalized spacial score (nSPS) is 22.5. The zero-order chi connectivity index (χ0) is 16.5. The molecule has 0 atom stereocenters. The van der Waals surface area contributed by atoms with Gasteiger partial charge in [-0.2, -0.15) is 0 Å². The zero-order valence-electron chi connectivity index (χ0n) is 15.3. The van der Waals surface area contributed by atoms with Crippen LogP contribution in [0.4, 0.5) is 0 Å². The van der Waals surface area contributed by atoms with Gasteiger partial charge in [-0.25, -0.2) is 0 Å². The van der Waals surface area contributed by atoms with Crippen molar-refractivity contribution in [3.05, 3.63) is 0 Å². The summed E-state index contributed by atoms with van der Waals surface area (Å²) in [5.74, 6) is 0.281. The lowest BCUT2D eigenvalue weighted by atomic mass is 10.2. The first kappa shape index (κ1) is 19.6. The molecule has 2 aliphatic heterocycles. The first-order valence-corrected chi connectivity index (χ1v) is 8.95. The number of piperazine rings is 2. The van der Waals surface area contributed by atoms with Gasteiger partial charge < -0.3 is 0 Å². The Morgan fingerprint density at radius 2 is 1.23 bits per heavy atom. The van der Waals surface area contributed by atoms with Gasteiger partial charge in [0.2, 0.25) is 0 Å². The second-order valence-electron chi connectivity index (χ2n) is 6.49. The number of hydrogen-bond donors (Lipinski definition) is 0. The van der Waals surface area contributed by atoms with Gasteiger partial charge in [0.15, 0.2) is 0 Å². The average Bonchev–Trinajstić information content (AvgIpc) is 2.51. The number of carbonyl (C=O) groups is 1. The van der Waals surface area contributed by atoms with Gasteiger partial charge >= 0.3 is 0 Å². The predicted octanol–water partition coefficient (Wildman–Crippen LogP) is 1.20. The molecular weight excluding hydrogens is 276 g/mol. The van der Waals surface area contributed by atoms with E-state index in [-0.39, 0.29) is 5.78 Å². The van der Waals surface area contributed by atoms with Crippen molar-refractivity contribution in [3.8, 4) is 0 Å². The van der Waals surface area contributed by atoms with E-state index in [4.69, 9.17) is 0 Å². The monoisotopic (exact) mass is 312 g/mol. The molecule has 22 heavy (non-hydrogen) atoms. The predicted molar refractivity (Wildman–Crippen MR) is 93.2 cm³/mol. The summed E-state index contributed by atoms with van der Waals surface area (Å²) >= 11 is 0. The van der Waals surface area contributed by atoms with Gasteiger partial charge in [0.25, 0.3) is 0 Å². The Morgan fingerprint density at radius 1 is 0.818 bits per heavy atom. The van der Waals surface area contributed by atoms with Crippen LogP contribution in [0.5, 0.6) is 0 Å². The zero-order valence-corrected chi connectivity index (χ0v) is 15.3. The number of Topliss-reactive ketones (excluding diaryl/α,β-unsaturated/α-hetero) is 1. The summed E-state index contributed by atoms with van der Waals surface area (Å²) in [4.78, 5) is 21.1. The molecule has 0 unspecified atom stereocenters. The van der Waals surface area contributed by atoms with Gasteiger partial charge in [-0.05, 0) is 20.8 Å². The van der Waals surface area contributed by atoms with Crippen molar-refractivity contribution in [2.45, 2.75) is 40.7 Å². The van der Waals surface area contributed by atoms with E-state index < -0.39 is 0 Å². The quantitative estimate of drug-likeness (QED) is 0.761. The highest BCUT2D eigenvalue weighted by Gasteiger charge is 2.23. The summed E-state index contributed by atoms with van der Waals surface area (Å²) < 4.78 is 0. The van der Waals surface area contributed by atoms with E-state index >= 15 is 0 Å². The van der Waals surface area contributed by atoms with Crippen molar-refractivity contribution >= 4 is 5.78 Å². The van der Waals surface area contributed by atoms with Crippen molar-refractivity contribution in [3.63, 3.8) is 0 Å². The van der Waals surface area contributed by atoms with Crippen LogP contribution in [0, 0.1) is 0 Å². The SMILES string of the molecule is CC.CC(=O)CN1CCN(CN2CCN(C(C)C)CC2)CC1. The van der Waals surface area contributed by atoms with Crippen molar-refractivity contribution in [1.29, 1.82) is 0 Å². The summed E-state index contributed by atoms with van der Waals surface area (Å²) in [6.45, 7) is 21.0. The Balaban J connectivity index is 0.00000116. The fourth-order valence-electron chi connectivity index (χ4n) is 3.11. The third-order valence-electron chi connectivity index (χ3n) is 4.45. The minimum absolute atomic E-state index is 0.281. The fourth-order valence-corrected chi connectivity index (χ4v) is 3.11. The summed E-state index contributed by atoms with van der Waals surface area (Å²) in [5, 5.41) is 0. The van der Waals surface area contributed by atoms with Gasteiger partial charge in [-0.3, -0.25) is 24.4 Å². The van der Waals surface area contributed by atoms with Gasteiger partial charge in [0.1, 0.15) is 5.78 Å². The molecule has 2 heterocycles. The molecular formula is C17H36N4O. The lowest BCUT2D eigenvalue weighted by molar-refractivity contribution is -0.118. The highest BCUT2D eigenvalue weighted by Crippen LogP contribution is 2.08. The molecule has 0 aromatic carbocycles. The molecule has 2 rings (SSSR count). The molecule has 0 aromatic rings. The van der Waals surface area contributed by atoms with Crippen LogP contribution in [0.15, 0.2) is 0 Å². The van der Waals surface area contributed by atoms with Gasteiger partial charge in [-0.15, -0.1) is 0 Å². The minimum Gasteiger partial charge on any atom is -0.299 e. The van der Waals surface area contributed by atoms with Crippen LogP contribution < -0.4 is 0 Å². The lowest BCUT2D eigenvalue weighted by Crippen LogP contribution is -2.55. The van der Waals surface area contributed by atoms with E-state index in [0.717, 1.165) is 32.8 Å². The van der Waals surface area contributed by atoms with E-state index in [0.29, 0.717) is 12.6 Å². The lowest BCUT2D eigenvalue weighted by Gasteiger charge is -2.41. The maximum absolute atomic E-state index is 11.1.